The molecule has 0 aliphatic carbocycles. The number of nitrogens with one attached hydrogen (secondary N) is 3. The van der Waals surface area contributed by atoms with Gasteiger partial charge >= 0.3 is 0 Å². The number of anilines is 1. The van der Waals surface area contributed by atoms with E-state index in [1.807, 2.05) is 0 Å². The average Bonchev–Trinajstić information content (AvgIpc) is 2.53. The van der Waals surface area contributed by atoms with Crippen molar-refractivity contribution in [3.05, 3.63) is 24.3 Å². The third-order valence-electron chi connectivity index (χ3n) is 4.56. The molecule has 3 N–H and O–H groups in total. The predicted molar refractivity (Wildman–Crippen MR) is 105 cm³/mol. The molecule has 1 atom stereocenters. The van der Waals surface area contributed by atoms with Gasteiger partial charge in [-0.2, -0.15) is 0 Å². The number of rotatable bonds is 6. The van der Waals surface area contributed by atoms with Crippen molar-refractivity contribution < 1.29 is 13.2 Å². The van der Waals surface area contributed by atoms with Gasteiger partial charge in [0.05, 0.1) is 4.90 Å². The van der Waals surface area contributed by atoms with E-state index in [1.54, 1.807) is 32.9 Å². The molecular formula is C19H31N3O3S. The zero-order chi connectivity index (χ0) is 19.4. The highest BCUT2D eigenvalue weighted by atomic mass is 32.2. The molecule has 7 heteroatoms. The number of carbonyl (C=O) groups is 1. The van der Waals surface area contributed by atoms with Crippen LogP contribution < -0.4 is 15.4 Å². The Morgan fingerprint density at radius 1 is 1.27 bits per heavy atom. The van der Waals surface area contributed by atoms with Gasteiger partial charge in [-0.3, -0.25) is 4.79 Å². The van der Waals surface area contributed by atoms with Gasteiger partial charge in [0.2, 0.25) is 15.9 Å². The molecule has 26 heavy (non-hydrogen) atoms. The fraction of sp³-hybridized carbons (Fsp3) is 0.632. The van der Waals surface area contributed by atoms with Crippen molar-refractivity contribution in [1.29, 1.82) is 0 Å². The summed E-state index contributed by atoms with van der Waals surface area (Å²) < 4.78 is 27.5. The molecule has 1 amide bonds. The summed E-state index contributed by atoms with van der Waals surface area (Å²) in [6.07, 6.45) is 2.64. The second-order valence-corrected chi connectivity index (χ2v) is 9.88. The van der Waals surface area contributed by atoms with Crippen molar-refractivity contribution in [2.75, 3.05) is 18.4 Å². The van der Waals surface area contributed by atoms with Gasteiger partial charge in [-0.05, 0) is 76.7 Å². The first-order chi connectivity index (χ1) is 12.1. The van der Waals surface area contributed by atoms with E-state index in [4.69, 9.17) is 0 Å². The Balaban J connectivity index is 2.00. The topological polar surface area (TPSA) is 87.3 Å². The molecule has 1 aromatic carbocycles. The quantitative estimate of drug-likeness (QED) is 0.707. The zero-order valence-corrected chi connectivity index (χ0v) is 16.9. The van der Waals surface area contributed by atoms with Gasteiger partial charge in [0.25, 0.3) is 0 Å². The highest BCUT2D eigenvalue weighted by molar-refractivity contribution is 7.89. The van der Waals surface area contributed by atoms with E-state index in [2.05, 4.69) is 22.3 Å². The Bertz CT molecular complexity index is 720. The summed E-state index contributed by atoms with van der Waals surface area (Å²) in [7, 11) is -3.62. The molecule has 0 bridgehead atoms. The summed E-state index contributed by atoms with van der Waals surface area (Å²) in [5, 5.41) is 6.18. The lowest BCUT2D eigenvalue weighted by molar-refractivity contribution is -0.117. The molecule has 146 valence electrons. The third-order valence-corrected chi connectivity index (χ3v) is 6.32. The lowest BCUT2D eigenvalue weighted by atomic mass is 9.84. The maximum atomic E-state index is 12.4. The summed E-state index contributed by atoms with van der Waals surface area (Å²) in [5.41, 5.74) is -0.0631. The Morgan fingerprint density at radius 3 is 2.54 bits per heavy atom. The SMILES string of the molecule is CC(CC(=O)Nc1cccc(S(=O)(=O)NC(C)(C)C)c1)C1CCNCC1. The minimum atomic E-state index is -3.62. The van der Waals surface area contributed by atoms with Gasteiger partial charge in [-0.15, -0.1) is 0 Å². The Kier molecular flexibility index (Phi) is 6.82. The monoisotopic (exact) mass is 381 g/mol. The summed E-state index contributed by atoms with van der Waals surface area (Å²) in [6, 6.07) is 6.38. The van der Waals surface area contributed by atoms with E-state index < -0.39 is 15.6 Å². The van der Waals surface area contributed by atoms with Crippen LogP contribution in [0.3, 0.4) is 0 Å². The number of amides is 1. The van der Waals surface area contributed by atoms with E-state index in [0.29, 0.717) is 23.9 Å². The molecule has 0 spiro atoms. The van der Waals surface area contributed by atoms with Crippen LogP contribution in [0.5, 0.6) is 0 Å². The number of benzene rings is 1. The smallest absolute Gasteiger partial charge is 0.241 e. The van der Waals surface area contributed by atoms with Crippen LogP contribution in [0.4, 0.5) is 5.69 Å². The molecule has 1 heterocycles. The minimum absolute atomic E-state index is 0.0747. The molecule has 0 saturated carbocycles. The second-order valence-electron chi connectivity index (χ2n) is 8.20. The number of sulfonamides is 1. The van der Waals surface area contributed by atoms with Crippen LogP contribution in [0, 0.1) is 11.8 Å². The molecule has 1 aliphatic rings. The molecule has 1 aromatic rings. The summed E-state index contributed by atoms with van der Waals surface area (Å²) in [6.45, 7) is 9.51. The van der Waals surface area contributed by atoms with E-state index >= 15 is 0 Å². The molecule has 6 nitrogen and oxygen atoms in total. The Hall–Kier alpha value is -1.44. The first kappa shape index (κ1) is 20.9. The number of piperidine rings is 1. The van der Waals surface area contributed by atoms with Crippen LogP contribution in [-0.2, 0) is 14.8 Å². The van der Waals surface area contributed by atoms with Crippen molar-refractivity contribution in [2.45, 2.75) is 57.4 Å². The lowest BCUT2D eigenvalue weighted by Gasteiger charge is -2.27. The molecular weight excluding hydrogens is 350 g/mol. The van der Waals surface area contributed by atoms with Gasteiger partial charge in [0, 0.05) is 17.6 Å². The van der Waals surface area contributed by atoms with E-state index in [9.17, 15) is 13.2 Å². The number of hydrogen-bond acceptors (Lipinski definition) is 4. The first-order valence-electron chi connectivity index (χ1n) is 9.21. The predicted octanol–water partition coefficient (Wildman–Crippen LogP) is 2.73. The van der Waals surface area contributed by atoms with E-state index in [0.717, 1.165) is 25.9 Å². The molecule has 2 rings (SSSR count). The molecule has 1 saturated heterocycles. The maximum Gasteiger partial charge on any atom is 0.241 e. The largest absolute Gasteiger partial charge is 0.326 e. The second kappa shape index (κ2) is 8.50. The number of hydrogen-bond donors (Lipinski definition) is 3. The van der Waals surface area contributed by atoms with Crippen molar-refractivity contribution in [3.63, 3.8) is 0 Å². The highest BCUT2D eigenvalue weighted by Gasteiger charge is 2.24. The molecule has 0 aromatic heterocycles. The van der Waals surface area contributed by atoms with Gasteiger partial charge in [0.1, 0.15) is 0 Å². The fourth-order valence-electron chi connectivity index (χ4n) is 3.29. The number of carbonyl (C=O) groups excluding carboxylic acids is 1. The standard InChI is InChI=1S/C19H31N3O3S/c1-14(15-8-10-20-11-9-15)12-18(23)21-16-6-5-7-17(13-16)26(24,25)22-19(2,3)4/h5-7,13-15,20,22H,8-12H2,1-4H3,(H,21,23). The van der Waals surface area contributed by atoms with Gasteiger partial charge < -0.3 is 10.6 Å². The maximum absolute atomic E-state index is 12.4. The van der Waals surface area contributed by atoms with Crippen LogP contribution in [0.25, 0.3) is 0 Å². The Labute approximate surface area is 157 Å². The fourth-order valence-corrected chi connectivity index (χ4v) is 4.75. The lowest BCUT2D eigenvalue weighted by Crippen LogP contribution is -2.40. The van der Waals surface area contributed by atoms with E-state index in [-0.39, 0.29) is 10.8 Å². The first-order valence-corrected chi connectivity index (χ1v) is 10.7. The van der Waals surface area contributed by atoms with Crippen molar-refractivity contribution in [3.8, 4) is 0 Å². The Morgan fingerprint density at radius 2 is 1.92 bits per heavy atom. The summed E-state index contributed by atoms with van der Waals surface area (Å²) in [4.78, 5) is 12.5. The molecule has 0 radical (unpaired) electrons. The van der Waals surface area contributed by atoms with Crippen LogP contribution in [0.15, 0.2) is 29.2 Å². The molecule has 1 unspecified atom stereocenters. The third kappa shape index (κ3) is 6.37. The normalized spacial score (nSPS) is 17.7. The van der Waals surface area contributed by atoms with Crippen molar-refractivity contribution >= 4 is 21.6 Å². The van der Waals surface area contributed by atoms with Gasteiger partial charge in [0.15, 0.2) is 0 Å². The van der Waals surface area contributed by atoms with Crippen LogP contribution >= 0.6 is 0 Å². The molecule has 1 aliphatic heterocycles. The highest BCUT2D eigenvalue weighted by Crippen LogP contribution is 2.25. The van der Waals surface area contributed by atoms with E-state index in [1.165, 1.54) is 12.1 Å². The average molecular weight is 382 g/mol. The summed E-state index contributed by atoms with van der Waals surface area (Å²) >= 11 is 0. The minimum Gasteiger partial charge on any atom is -0.326 e. The van der Waals surface area contributed by atoms with Crippen LogP contribution in [-0.4, -0.2) is 33.0 Å². The van der Waals surface area contributed by atoms with Crippen molar-refractivity contribution in [2.24, 2.45) is 11.8 Å². The summed E-state index contributed by atoms with van der Waals surface area (Å²) in [5.74, 6) is 0.797. The van der Waals surface area contributed by atoms with Crippen LogP contribution in [0.2, 0.25) is 0 Å². The van der Waals surface area contributed by atoms with Crippen molar-refractivity contribution in [1.82, 2.24) is 10.0 Å². The zero-order valence-electron chi connectivity index (χ0n) is 16.1. The van der Waals surface area contributed by atoms with Gasteiger partial charge in [-0.25, -0.2) is 13.1 Å². The molecule has 1 fully saturated rings. The van der Waals surface area contributed by atoms with Crippen LogP contribution in [0.1, 0.15) is 47.0 Å². The van der Waals surface area contributed by atoms with Gasteiger partial charge in [-0.1, -0.05) is 13.0 Å².